The van der Waals surface area contributed by atoms with Crippen molar-refractivity contribution in [2.24, 2.45) is 0 Å². The molecule has 0 fully saturated rings. The Morgan fingerprint density at radius 2 is 2.20 bits per heavy atom. The van der Waals surface area contributed by atoms with Crippen LogP contribution in [0, 0.1) is 0 Å². The third kappa shape index (κ3) is 2.56. The topological polar surface area (TPSA) is 89.1 Å². The molecular formula is C8H12N2O4S. The molecular weight excluding hydrogens is 220 g/mol. The molecule has 1 unspecified atom stereocenters. The van der Waals surface area contributed by atoms with Gasteiger partial charge in [-0.05, 0) is 6.92 Å². The number of aromatic amines is 1. The van der Waals surface area contributed by atoms with Crippen LogP contribution in [-0.4, -0.2) is 37.7 Å². The number of sulfone groups is 1. The first kappa shape index (κ1) is 11.7. The normalized spacial score (nSPS) is 13.5. The van der Waals surface area contributed by atoms with Crippen LogP contribution in [0.2, 0.25) is 0 Å². The molecule has 1 N–H and O–H groups in total. The Morgan fingerprint density at radius 3 is 2.67 bits per heavy atom. The quantitative estimate of drug-likeness (QED) is 0.757. The zero-order chi connectivity index (χ0) is 11.6. The van der Waals surface area contributed by atoms with E-state index in [1.165, 1.54) is 20.2 Å². The molecule has 1 rings (SSSR count). The number of nitrogens with zero attached hydrogens (tertiary/aromatic N) is 1. The number of methoxy groups -OCH3 is 1. The second kappa shape index (κ2) is 4.01. The standard InChI is InChI=1S/C8H12N2O4S/c1-5(15(3,12)13)7-9-4-6(10-7)8(11)14-2/h4-5H,1-3H3,(H,9,10). The fourth-order valence-corrected chi connectivity index (χ4v) is 1.49. The lowest BCUT2D eigenvalue weighted by atomic mass is 10.4. The van der Waals surface area contributed by atoms with E-state index in [1.807, 2.05) is 0 Å². The second-order valence-electron chi connectivity index (χ2n) is 3.15. The van der Waals surface area contributed by atoms with E-state index in [0.717, 1.165) is 6.26 Å². The van der Waals surface area contributed by atoms with Gasteiger partial charge in [0, 0.05) is 6.26 Å². The minimum Gasteiger partial charge on any atom is -0.464 e. The van der Waals surface area contributed by atoms with E-state index in [4.69, 9.17) is 0 Å². The molecule has 0 aliphatic heterocycles. The lowest BCUT2D eigenvalue weighted by molar-refractivity contribution is 0.0594. The van der Waals surface area contributed by atoms with Crippen LogP contribution in [0.4, 0.5) is 0 Å². The molecule has 0 bridgehead atoms. The molecule has 0 amide bonds. The summed E-state index contributed by atoms with van der Waals surface area (Å²) in [6.45, 7) is 1.50. The Hall–Kier alpha value is -1.37. The highest BCUT2D eigenvalue weighted by molar-refractivity contribution is 7.90. The third-order valence-corrected chi connectivity index (χ3v) is 3.54. The minimum atomic E-state index is -3.22. The van der Waals surface area contributed by atoms with E-state index < -0.39 is 21.1 Å². The van der Waals surface area contributed by atoms with Gasteiger partial charge in [-0.2, -0.15) is 0 Å². The first-order valence-corrected chi connectivity index (χ1v) is 6.13. The number of rotatable bonds is 3. The van der Waals surface area contributed by atoms with Crippen LogP contribution < -0.4 is 0 Å². The van der Waals surface area contributed by atoms with Crippen molar-refractivity contribution in [3.63, 3.8) is 0 Å². The highest BCUT2D eigenvalue weighted by atomic mass is 32.2. The first-order chi connectivity index (χ1) is 6.86. The summed E-state index contributed by atoms with van der Waals surface area (Å²) in [6, 6.07) is 0. The van der Waals surface area contributed by atoms with Crippen molar-refractivity contribution in [2.45, 2.75) is 12.2 Å². The number of carbonyl (C=O) groups is 1. The van der Waals surface area contributed by atoms with Crippen LogP contribution in [0.3, 0.4) is 0 Å². The van der Waals surface area contributed by atoms with Gasteiger partial charge in [0.05, 0.1) is 13.3 Å². The molecule has 15 heavy (non-hydrogen) atoms. The summed E-state index contributed by atoms with van der Waals surface area (Å²) >= 11 is 0. The fraction of sp³-hybridized carbons (Fsp3) is 0.500. The number of carbonyl (C=O) groups excluding carboxylic acids is 1. The van der Waals surface area contributed by atoms with Crippen molar-refractivity contribution < 1.29 is 17.9 Å². The number of esters is 1. The van der Waals surface area contributed by atoms with Gasteiger partial charge in [0.2, 0.25) is 0 Å². The van der Waals surface area contributed by atoms with Crippen molar-refractivity contribution in [3.05, 3.63) is 17.7 Å². The van der Waals surface area contributed by atoms with E-state index >= 15 is 0 Å². The van der Waals surface area contributed by atoms with Gasteiger partial charge in [-0.15, -0.1) is 0 Å². The largest absolute Gasteiger partial charge is 0.464 e. The second-order valence-corrected chi connectivity index (χ2v) is 5.51. The third-order valence-electron chi connectivity index (χ3n) is 2.03. The Morgan fingerprint density at radius 1 is 1.60 bits per heavy atom. The van der Waals surface area contributed by atoms with Gasteiger partial charge < -0.3 is 9.72 Å². The van der Waals surface area contributed by atoms with Gasteiger partial charge in [-0.1, -0.05) is 0 Å². The summed E-state index contributed by atoms with van der Waals surface area (Å²) in [6.07, 6.45) is 2.36. The molecule has 84 valence electrons. The number of imidazole rings is 1. The summed E-state index contributed by atoms with van der Waals surface area (Å²) in [5.41, 5.74) is 0.142. The zero-order valence-electron chi connectivity index (χ0n) is 8.64. The van der Waals surface area contributed by atoms with E-state index in [0.29, 0.717) is 0 Å². The maximum atomic E-state index is 11.2. The molecule has 0 aliphatic rings. The molecule has 7 heteroatoms. The van der Waals surface area contributed by atoms with E-state index in [2.05, 4.69) is 14.7 Å². The van der Waals surface area contributed by atoms with E-state index in [1.54, 1.807) is 0 Å². The summed E-state index contributed by atoms with van der Waals surface area (Å²) in [4.78, 5) is 17.5. The molecule has 1 atom stereocenters. The minimum absolute atomic E-state index is 0.142. The fourth-order valence-electron chi connectivity index (χ4n) is 0.960. The smallest absolute Gasteiger partial charge is 0.356 e. The lowest BCUT2D eigenvalue weighted by Gasteiger charge is -2.04. The van der Waals surface area contributed by atoms with Gasteiger partial charge in [0.25, 0.3) is 0 Å². The van der Waals surface area contributed by atoms with Crippen LogP contribution >= 0.6 is 0 Å². The summed E-state index contributed by atoms with van der Waals surface area (Å²) in [5.74, 6) is -0.340. The van der Waals surface area contributed by atoms with E-state index in [-0.39, 0.29) is 11.5 Å². The van der Waals surface area contributed by atoms with Crippen molar-refractivity contribution in [3.8, 4) is 0 Å². The summed E-state index contributed by atoms with van der Waals surface area (Å²) < 4.78 is 26.9. The maximum Gasteiger partial charge on any atom is 0.356 e. The zero-order valence-corrected chi connectivity index (χ0v) is 9.46. The maximum absolute atomic E-state index is 11.2. The molecule has 6 nitrogen and oxygen atoms in total. The molecule has 0 aliphatic carbocycles. The average molecular weight is 232 g/mol. The van der Waals surface area contributed by atoms with Gasteiger partial charge in [-0.3, -0.25) is 0 Å². The Kier molecular flexibility index (Phi) is 3.13. The van der Waals surface area contributed by atoms with Gasteiger partial charge in [0.1, 0.15) is 16.8 Å². The Balaban J connectivity index is 3.00. The van der Waals surface area contributed by atoms with Gasteiger partial charge >= 0.3 is 5.97 Å². The van der Waals surface area contributed by atoms with Crippen molar-refractivity contribution >= 4 is 15.8 Å². The van der Waals surface area contributed by atoms with Crippen LogP contribution in [-0.2, 0) is 14.6 Å². The molecule has 0 aromatic carbocycles. The predicted molar refractivity (Wildman–Crippen MR) is 53.2 cm³/mol. The molecule has 0 saturated carbocycles. The highest BCUT2D eigenvalue weighted by Gasteiger charge is 2.21. The van der Waals surface area contributed by atoms with Crippen LogP contribution in [0.15, 0.2) is 6.20 Å². The number of hydrogen-bond donors (Lipinski definition) is 1. The lowest BCUT2D eigenvalue weighted by Crippen LogP contribution is -2.10. The number of aromatic nitrogens is 2. The molecule has 1 aromatic heterocycles. The first-order valence-electron chi connectivity index (χ1n) is 4.18. The summed E-state index contributed by atoms with van der Waals surface area (Å²) in [7, 11) is -1.98. The highest BCUT2D eigenvalue weighted by Crippen LogP contribution is 2.17. The van der Waals surface area contributed by atoms with Gasteiger partial charge in [0.15, 0.2) is 9.84 Å². The monoisotopic (exact) mass is 232 g/mol. The number of ether oxygens (including phenoxy) is 1. The van der Waals surface area contributed by atoms with Crippen LogP contribution in [0.25, 0.3) is 0 Å². The van der Waals surface area contributed by atoms with Crippen molar-refractivity contribution in [1.82, 2.24) is 9.97 Å². The van der Waals surface area contributed by atoms with E-state index in [9.17, 15) is 13.2 Å². The molecule has 0 saturated heterocycles. The number of nitrogens with one attached hydrogen (secondary N) is 1. The van der Waals surface area contributed by atoms with Crippen LogP contribution in [0.1, 0.15) is 28.5 Å². The number of H-pyrrole nitrogens is 1. The Bertz CT molecular complexity index is 463. The molecule has 0 spiro atoms. The van der Waals surface area contributed by atoms with Crippen LogP contribution in [0.5, 0.6) is 0 Å². The summed E-state index contributed by atoms with van der Waals surface area (Å²) in [5, 5.41) is -0.768. The van der Waals surface area contributed by atoms with Crippen molar-refractivity contribution in [2.75, 3.05) is 13.4 Å². The average Bonchev–Trinajstić information content (AvgIpc) is 2.62. The SMILES string of the molecule is COC(=O)c1cnc(C(C)S(C)(=O)=O)[nH]1. The van der Waals surface area contributed by atoms with Gasteiger partial charge in [-0.25, -0.2) is 18.2 Å². The predicted octanol–water partition coefficient (Wildman–Crippen LogP) is 0.302. The molecule has 1 heterocycles. The number of hydrogen-bond acceptors (Lipinski definition) is 5. The Labute approximate surface area is 87.6 Å². The molecule has 0 radical (unpaired) electrons. The molecule has 1 aromatic rings. The van der Waals surface area contributed by atoms with Crippen molar-refractivity contribution in [1.29, 1.82) is 0 Å².